The van der Waals surface area contributed by atoms with E-state index < -0.39 is 18.5 Å². The molecule has 0 heterocycles. The number of anilines is 1. The predicted molar refractivity (Wildman–Crippen MR) is 95.9 cm³/mol. The second kappa shape index (κ2) is 8.24. The lowest BCUT2D eigenvalue weighted by molar-refractivity contribution is -0.119. The van der Waals surface area contributed by atoms with Gasteiger partial charge in [0.25, 0.3) is 5.91 Å². The molecule has 5 heteroatoms. The van der Waals surface area contributed by atoms with Crippen molar-refractivity contribution in [3.63, 3.8) is 0 Å². The molecule has 0 saturated heterocycles. The van der Waals surface area contributed by atoms with Gasteiger partial charge in [-0.2, -0.15) is 0 Å². The van der Waals surface area contributed by atoms with Crippen molar-refractivity contribution in [2.45, 2.75) is 26.7 Å². The molecule has 2 aromatic rings. The molecule has 0 unspecified atom stereocenters. The zero-order valence-electron chi connectivity index (χ0n) is 14.5. The number of ketones is 1. The molecule has 25 heavy (non-hydrogen) atoms. The van der Waals surface area contributed by atoms with E-state index >= 15 is 0 Å². The molecule has 1 N–H and O–H groups in total. The van der Waals surface area contributed by atoms with Gasteiger partial charge in [-0.3, -0.25) is 9.59 Å². The van der Waals surface area contributed by atoms with Gasteiger partial charge < -0.3 is 10.1 Å². The van der Waals surface area contributed by atoms with Crippen LogP contribution < -0.4 is 5.32 Å². The topological polar surface area (TPSA) is 72.5 Å². The van der Waals surface area contributed by atoms with Crippen molar-refractivity contribution in [3.05, 3.63) is 65.2 Å². The van der Waals surface area contributed by atoms with E-state index in [1.54, 1.807) is 36.4 Å². The van der Waals surface area contributed by atoms with Gasteiger partial charge >= 0.3 is 5.97 Å². The second-order valence-electron chi connectivity index (χ2n) is 6.00. The summed E-state index contributed by atoms with van der Waals surface area (Å²) in [7, 11) is 0. The molecule has 0 saturated carbocycles. The Morgan fingerprint density at radius 2 is 1.64 bits per heavy atom. The van der Waals surface area contributed by atoms with Crippen molar-refractivity contribution in [1.29, 1.82) is 0 Å². The first-order chi connectivity index (χ1) is 11.9. The fourth-order valence-corrected chi connectivity index (χ4v) is 2.30. The van der Waals surface area contributed by atoms with Crippen LogP contribution in [0.3, 0.4) is 0 Å². The minimum absolute atomic E-state index is 0.155. The van der Waals surface area contributed by atoms with E-state index in [4.69, 9.17) is 4.74 Å². The maximum Gasteiger partial charge on any atom is 0.338 e. The third kappa shape index (κ3) is 5.01. The Balaban J connectivity index is 1.93. The minimum Gasteiger partial charge on any atom is -0.452 e. The largest absolute Gasteiger partial charge is 0.452 e. The smallest absolute Gasteiger partial charge is 0.338 e. The van der Waals surface area contributed by atoms with Gasteiger partial charge in [0, 0.05) is 5.56 Å². The summed E-state index contributed by atoms with van der Waals surface area (Å²) in [5.41, 5.74) is 2.32. The van der Waals surface area contributed by atoms with Crippen LogP contribution in [0, 0.1) is 0 Å². The summed E-state index contributed by atoms with van der Waals surface area (Å²) in [6, 6.07) is 13.8. The van der Waals surface area contributed by atoms with E-state index in [1.807, 2.05) is 12.1 Å². The summed E-state index contributed by atoms with van der Waals surface area (Å²) in [5, 5.41) is 2.59. The van der Waals surface area contributed by atoms with Crippen molar-refractivity contribution in [3.8, 4) is 0 Å². The summed E-state index contributed by atoms with van der Waals surface area (Å²) in [6.45, 7) is 5.13. The van der Waals surface area contributed by atoms with E-state index in [9.17, 15) is 14.4 Å². The number of para-hydroxylation sites is 1. The molecule has 0 aromatic heterocycles. The molecule has 0 bridgehead atoms. The lowest BCUT2D eigenvalue weighted by atomic mass is 10.0. The highest BCUT2D eigenvalue weighted by Crippen LogP contribution is 2.16. The Hall–Kier alpha value is -2.95. The predicted octanol–water partition coefficient (Wildman–Crippen LogP) is 3.81. The molecular weight excluding hydrogens is 318 g/mol. The Morgan fingerprint density at radius 1 is 1.00 bits per heavy atom. The first-order valence-corrected chi connectivity index (χ1v) is 8.05. The molecule has 2 rings (SSSR count). The number of hydrogen-bond donors (Lipinski definition) is 1. The van der Waals surface area contributed by atoms with Crippen LogP contribution in [0.25, 0.3) is 0 Å². The van der Waals surface area contributed by atoms with Crippen molar-refractivity contribution in [2.75, 3.05) is 11.9 Å². The summed E-state index contributed by atoms with van der Waals surface area (Å²) in [4.78, 5) is 35.5. The lowest BCUT2D eigenvalue weighted by Crippen LogP contribution is -2.22. The average Bonchev–Trinajstić information content (AvgIpc) is 2.60. The maximum atomic E-state index is 12.0. The zero-order valence-corrected chi connectivity index (χ0v) is 14.5. The van der Waals surface area contributed by atoms with Crippen molar-refractivity contribution in [1.82, 2.24) is 0 Å². The standard InChI is InChI=1S/C20H21NO4/c1-13(2)15-8-10-16(11-9-15)20(24)25-12-19(23)21-18-7-5-4-6-17(18)14(3)22/h4-11,13H,12H2,1-3H3,(H,21,23). The molecule has 2 aromatic carbocycles. The SMILES string of the molecule is CC(=O)c1ccccc1NC(=O)COC(=O)c1ccc(C(C)C)cc1. The van der Waals surface area contributed by atoms with Gasteiger partial charge in [0.2, 0.25) is 0 Å². The van der Waals surface area contributed by atoms with Crippen LogP contribution in [0.15, 0.2) is 48.5 Å². The minimum atomic E-state index is -0.565. The number of benzene rings is 2. The Kier molecular flexibility index (Phi) is 6.06. The highest BCUT2D eigenvalue weighted by molar-refractivity contribution is 6.04. The molecule has 130 valence electrons. The summed E-state index contributed by atoms with van der Waals surface area (Å²) in [6.07, 6.45) is 0. The third-order valence-electron chi connectivity index (χ3n) is 3.73. The number of carbonyl (C=O) groups is 3. The molecular formula is C20H21NO4. The Labute approximate surface area is 147 Å². The van der Waals surface area contributed by atoms with Crippen molar-refractivity contribution < 1.29 is 19.1 Å². The van der Waals surface area contributed by atoms with Gasteiger partial charge in [-0.05, 0) is 42.7 Å². The van der Waals surface area contributed by atoms with Crippen LogP contribution in [0.5, 0.6) is 0 Å². The first-order valence-electron chi connectivity index (χ1n) is 8.05. The van der Waals surface area contributed by atoms with Crippen LogP contribution in [-0.4, -0.2) is 24.3 Å². The molecule has 0 aliphatic carbocycles. The first kappa shape index (κ1) is 18.4. The number of nitrogens with one attached hydrogen (secondary N) is 1. The van der Waals surface area contributed by atoms with Crippen LogP contribution in [0.1, 0.15) is 53.0 Å². The van der Waals surface area contributed by atoms with E-state index in [2.05, 4.69) is 19.2 Å². The number of esters is 1. The van der Waals surface area contributed by atoms with Crippen LogP contribution in [-0.2, 0) is 9.53 Å². The number of hydrogen-bond acceptors (Lipinski definition) is 4. The third-order valence-corrected chi connectivity index (χ3v) is 3.73. The Morgan fingerprint density at radius 3 is 2.24 bits per heavy atom. The van der Waals surface area contributed by atoms with Gasteiger partial charge in [-0.25, -0.2) is 4.79 Å². The van der Waals surface area contributed by atoms with Crippen molar-refractivity contribution >= 4 is 23.3 Å². The fraction of sp³-hybridized carbons (Fsp3) is 0.250. The molecule has 0 fully saturated rings. The second-order valence-corrected chi connectivity index (χ2v) is 6.00. The molecule has 0 aliphatic heterocycles. The number of ether oxygens (including phenoxy) is 1. The monoisotopic (exact) mass is 339 g/mol. The Bertz CT molecular complexity index is 779. The summed E-state index contributed by atoms with van der Waals surface area (Å²) < 4.78 is 5.03. The van der Waals surface area contributed by atoms with Crippen LogP contribution >= 0.6 is 0 Å². The van der Waals surface area contributed by atoms with E-state index in [1.165, 1.54) is 6.92 Å². The molecule has 0 aliphatic rings. The van der Waals surface area contributed by atoms with Gasteiger partial charge in [-0.15, -0.1) is 0 Å². The van der Waals surface area contributed by atoms with Gasteiger partial charge in [0.05, 0.1) is 11.3 Å². The van der Waals surface area contributed by atoms with E-state index in [0.29, 0.717) is 22.7 Å². The maximum absolute atomic E-state index is 12.0. The zero-order chi connectivity index (χ0) is 18.4. The summed E-state index contributed by atoms with van der Waals surface area (Å²) >= 11 is 0. The van der Waals surface area contributed by atoms with Crippen LogP contribution in [0.2, 0.25) is 0 Å². The molecule has 0 radical (unpaired) electrons. The van der Waals surface area contributed by atoms with Crippen molar-refractivity contribution in [2.24, 2.45) is 0 Å². The molecule has 1 amide bonds. The highest BCUT2D eigenvalue weighted by atomic mass is 16.5. The number of carbonyl (C=O) groups excluding carboxylic acids is 3. The molecule has 5 nitrogen and oxygen atoms in total. The van der Waals surface area contributed by atoms with E-state index in [-0.39, 0.29) is 5.78 Å². The molecule has 0 atom stereocenters. The van der Waals surface area contributed by atoms with Crippen LogP contribution in [0.4, 0.5) is 5.69 Å². The summed E-state index contributed by atoms with van der Waals surface area (Å²) in [5.74, 6) is -0.846. The normalized spacial score (nSPS) is 10.4. The molecule has 0 spiro atoms. The van der Waals surface area contributed by atoms with Gasteiger partial charge in [0.1, 0.15) is 0 Å². The highest BCUT2D eigenvalue weighted by Gasteiger charge is 2.13. The average molecular weight is 339 g/mol. The lowest BCUT2D eigenvalue weighted by Gasteiger charge is -2.10. The van der Waals surface area contributed by atoms with Gasteiger partial charge in [0.15, 0.2) is 12.4 Å². The quantitative estimate of drug-likeness (QED) is 0.642. The fourth-order valence-electron chi connectivity index (χ4n) is 2.30. The number of rotatable bonds is 6. The van der Waals surface area contributed by atoms with Gasteiger partial charge in [-0.1, -0.05) is 38.1 Å². The number of amides is 1. The van der Waals surface area contributed by atoms with E-state index in [0.717, 1.165) is 5.56 Å². The number of Topliss-reactive ketones (excluding diaryl/α,β-unsaturated/α-hetero) is 1.